The number of rotatable bonds is 1. The summed E-state index contributed by atoms with van der Waals surface area (Å²) in [5.74, 6) is 0.762. The van der Waals surface area contributed by atoms with Gasteiger partial charge < -0.3 is 0 Å². The number of fused-ring (bicyclic) bond motifs is 5. The lowest BCUT2D eigenvalue weighted by atomic mass is 9.96. The molecule has 5 aromatic rings. The van der Waals surface area contributed by atoms with E-state index >= 15 is 0 Å². The van der Waals surface area contributed by atoms with Gasteiger partial charge in [0.25, 0.3) is 0 Å². The lowest BCUT2D eigenvalue weighted by Gasteiger charge is -2.09. The summed E-state index contributed by atoms with van der Waals surface area (Å²) in [7, 11) is 0. The second-order valence-corrected chi connectivity index (χ2v) is 5.96. The van der Waals surface area contributed by atoms with Crippen LogP contribution in [0.2, 0.25) is 0 Å². The van der Waals surface area contributed by atoms with Crippen LogP contribution in [-0.4, -0.2) is 9.97 Å². The molecule has 2 heteroatoms. The van der Waals surface area contributed by atoms with E-state index in [-0.39, 0.29) is 0 Å². The Morgan fingerprint density at radius 2 is 1.17 bits per heavy atom. The van der Waals surface area contributed by atoms with Crippen molar-refractivity contribution in [2.24, 2.45) is 0 Å². The third-order valence-corrected chi connectivity index (χ3v) is 4.57. The Labute approximate surface area is 139 Å². The number of aromatic nitrogens is 2. The van der Waals surface area contributed by atoms with Gasteiger partial charge in [0.15, 0.2) is 5.82 Å². The van der Waals surface area contributed by atoms with Crippen LogP contribution in [0.25, 0.3) is 43.7 Å². The average molecular weight is 306 g/mol. The summed E-state index contributed by atoms with van der Waals surface area (Å²) < 4.78 is 0. The standard InChI is InChI=1S/C22H14N2/c1-2-5-18-15(4-1)6-10-21-19-9-8-17(22-23-12-3-13-24-22)14-16(19)7-11-20(18)21/h1-14H. The Bertz CT molecular complexity index is 1190. The van der Waals surface area contributed by atoms with Gasteiger partial charge in [-0.25, -0.2) is 9.97 Å². The first-order valence-corrected chi connectivity index (χ1v) is 8.02. The summed E-state index contributed by atoms with van der Waals surface area (Å²) >= 11 is 0. The molecule has 1 heterocycles. The van der Waals surface area contributed by atoms with Crippen LogP contribution >= 0.6 is 0 Å². The second kappa shape index (κ2) is 5.14. The van der Waals surface area contributed by atoms with Gasteiger partial charge in [-0.15, -0.1) is 0 Å². The van der Waals surface area contributed by atoms with Gasteiger partial charge in [0, 0.05) is 18.0 Å². The molecule has 0 aliphatic heterocycles. The highest BCUT2D eigenvalue weighted by molar-refractivity contribution is 6.17. The molecule has 112 valence electrons. The number of nitrogens with zero attached hydrogens (tertiary/aromatic N) is 2. The first-order valence-electron chi connectivity index (χ1n) is 8.02. The van der Waals surface area contributed by atoms with Gasteiger partial charge in [-0.3, -0.25) is 0 Å². The largest absolute Gasteiger partial charge is 0.237 e. The van der Waals surface area contributed by atoms with E-state index in [1.54, 1.807) is 12.4 Å². The molecule has 0 unspecified atom stereocenters. The zero-order chi connectivity index (χ0) is 15.9. The van der Waals surface area contributed by atoms with Crippen molar-refractivity contribution in [1.29, 1.82) is 0 Å². The monoisotopic (exact) mass is 306 g/mol. The lowest BCUT2D eigenvalue weighted by molar-refractivity contribution is 1.18. The molecule has 24 heavy (non-hydrogen) atoms. The van der Waals surface area contributed by atoms with Crippen LogP contribution in [0.1, 0.15) is 0 Å². The molecule has 4 aromatic carbocycles. The average Bonchev–Trinajstić information content (AvgIpc) is 2.67. The fraction of sp³-hybridized carbons (Fsp3) is 0. The molecule has 0 saturated heterocycles. The van der Waals surface area contributed by atoms with Crippen molar-refractivity contribution in [2.75, 3.05) is 0 Å². The maximum Gasteiger partial charge on any atom is 0.159 e. The molecule has 2 nitrogen and oxygen atoms in total. The van der Waals surface area contributed by atoms with Crippen LogP contribution in [0.5, 0.6) is 0 Å². The molecule has 0 aliphatic carbocycles. The molecule has 0 atom stereocenters. The summed E-state index contributed by atoms with van der Waals surface area (Å²) in [4.78, 5) is 8.70. The van der Waals surface area contributed by atoms with E-state index in [1.165, 1.54) is 32.3 Å². The topological polar surface area (TPSA) is 25.8 Å². The molecule has 1 aromatic heterocycles. The molecule has 0 bridgehead atoms. The minimum Gasteiger partial charge on any atom is -0.237 e. The first-order chi connectivity index (χ1) is 11.9. The zero-order valence-electron chi connectivity index (χ0n) is 13.0. The molecule has 0 radical (unpaired) electrons. The molecular weight excluding hydrogens is 292 g/mol. The van der Waals surface area contributed by atoms with Gasteiger partial charge in [-0.1, -0.05) is 60.7 Å². The fourth-order valence-electron chi connectivity index (χ4n) is 3.42. The van der Waals surface area contributed by atoms with Gasteiger partial charge in [0.1, 0.15) is 0 Å². The maximum absolute atomic E-state index is 4.35. The highest BCUT2D eigenvalue weighted by atomic mass is 14.8. The van der Waals surface area contributed by atoms with E-state index < -0.39 is 0 Å². The highest BCUT2D eigenvalue weighted by Crippen LogP contribution is 2.32. The van der Waals surface area contributed by atoms with Gasteiger partial charge in [-0.05, 0) is 44.5 Å². The molecular formula is C22H14N2. The van der Waals surface area contributed by atoms with E-state index in [9.17, 15) is 0 Å². The summed E-state index contributed by atoms with van der Waals surface area (Å²) in [6.45, 7) is 0. The van der Waals surface area contributed by atoms with Crippen LogP contribution in [-0.2, 0) is 0 Å². The van der Waals surface area contributed by atoms with Crippen LogP contribution in [0.3, 0.4) is 0 Å². The summed E-state index contributed by atoms with van der Waals surface area (Å²) in [5.41, 5.74) is 1.04. The Morgan fingerprint density at radius 3 is 2.00 bits per heavy atom. The van der Waals surface area contributed by atoms with Crippen LogP contribution in [0.4, 0.5) is 0 Å². The molecule has 0 fully saturated rings. The van der Waals surface area contributed by atoms with Crippen molar-refractivity contribution in [3.8, 4) is 11.4 Å². The SMILES string of the molecule is c1cnc(-c2ccc3c(ccc4c5ccccc5ccc34)c2)nc1. The van der Waals surface area contributed by atoms with Gasteiger partial charge >= 0.3 is 0 Å². The molecule has 0 N–H and O–H groups in total. The third-order valence-electron chi connectivity index (χ3n) is 4.57. The number of hydrogen-bond donors (Lipinski definition) is 0. The van der Waals surface area contributed by atoms with Crippen molar-refractivity contribution < 1.29 is 0 Å². The zero-order valence-corrected chi connectivity index (χ0v) is 13.0. The van der Waals surface area contributed by atoms with Crippen molar-refractivity contribution in [3.63, 3.8) is 0 Å². The molecule has 5 rings (SSSR count). The van der Waals surface area contributed by atoms with E-state index in [0.717, 1.165) is 11.4 Å². The van der Waals surface area contributed by atoms with E-state index in [2.05, 4.69) is 76.7 Å². The summed E-state index contributed by atoms with van der Waals surface area (Å²) in [6, 6.07) is 25.6. The summed E-state index contributed by atoms with van der Waals surface area (Å²) in [6.07, 6.45) is 3.55. The third kappa shape index (κ3) is 1.97. The number of benzene rings is 4. The van der Waals surface area contributed by atoms with Crippen molar-refractivity contribution in [3.05, 3.63) is 85.2 Å². The van der Waals surface area contributed by atoms with Crippen LogP contribution in [0.15, 0.2) is 85.2 Å². The van der Waals surface area contributed by atoms with Crippen molar-refractivity contribution in [1.82, 2.24) is 9.97 Å². The molecule has 0 saturated carbocycles. The fourth-order valence-corrected chi connectivity index (χ4v) is 3.42. The second-order valence-electron chi connectivity index (χ2n) is 5.96. The number of hydrogen-bond acceptors (Lipinski definition) is 2. The maximum atomic E-state index is 4.35. The van der Waals surface area contributed by atoms with Crippen LogP contribution in [0, 0.1) is 0 Å². The summed E-state index contributed by atoms with van der Waals surface area (Å²) in [5, 5.41) is 7.63. The lowest BCUT2D eigenvalue weighted by Crippen LogP contribution is -1.87. The predicted molar refractivity (Wildman–Crippen MR) is 100.0 cm³/mol. The van der Waals surface area contributed by atoms with Crippen molar-refractivity contribution >= 4 is 32.3 Å². The van der Waals surface area contributed by atoms with E-state index in [1.807, 2.05) is 6.07 Å². The first kappa shape index (κ1) is 13.2. The van der Waals surface area contributed by atoms with Crippen LogP contribution < -0.4 is 0 Å². The quantitative estimate of drug-likeness (QED) is 0.376. The Kier molecular flexibility index (Phi) is 2.83. The van der Waals surface area contributed by atoms with Gasteiger partial charge in [-0.2, -0.15) is 0 Å². The smallest absolute Gasteiger partial charge is 0.159 e. The van der Waals surface area contributed by atoms with Crippen molar-refractivity contribution in [2.45, 2.75) is 0 Å². The van der Waals surface area contributed by atoms with E-state index in [4.69, 9.17) is 0 Å². The highest BCUT2D eigenvalue weighted by Gasteiger charge is 2.06. The minimum absolute atomic E-state index is 0.762. The molecule has 0 spiro atoms. The molecule has 0 amide bonds. The van der Waals surface area contributed by atoms with Gasteiger partial charge in [0.2, 0.25) is 0 Å². The van der Waals surface area contributed by atoms with E-state index in [0.29, 0.717) is 0 Å². The Balaban J connectivity index is 1.81. The normalized spacial score (nSPS) is 11.3. The predicted octanol–water partition coefficient (Wildman–Crippen LogP) is 5.60. The molecule has 0 aliphatic rings. The Hall–Kier alpha value is -3.26. The Morgan fingerprint density at radius 1 is 0.500 bits per heavy atom. The van der Waals surface area contributed by atoms with Gasteiger partial charge in [0.05, 0.1) is 0 Å². The minimum atomic E-state index is 0.762.